The van der Waals surface area contributed by atoms with E-state index in [1.54, 1.807) is 7.11 Å². The first-order chi connectivity index (χ1) is 8.29. The zero-order chi connectivity index (χ0) is 12.1. The van der Waals surface area contributed by atoms with E-state index in [9.17, 15) is 0 Å². The lowest BCUT2D eigenvalue weighted by atomic mass is 10.2. The first kappa shape index (κ1) is 12.4. The Labute approximate surface area is 104 Å². The maximum absolute atomic E-state index is 5.19. The number of nitrogens with zero attached hydrogens (tertiary/aromatic N) is 1. The third-order valence-electron chi connectivity index (χ3n) is 3.18. The first-order valence-corrected chi connectivity index (χ1v) is 6.36. The molecule has 3 nitrogen and oxygen atoms in total. The van der Waals surface area contributed by atoms with Crippen molar-refractivity contribution >= 4 is 5.69 Å². The summed E-state index contributed by atoms with van der Waals surface area (Å²) in [5.41, 5.74) is 2.56. The Morgan fingerprint density at radius 1 is 1.47 bits per heavy atom. The van der Waals surface area contributed by atoms with Gasteiger partial charge in [0.25, 0.3) is 0 Å². The minimum absolute atomic E-state index is 0.559. The number of rotatable bonds is 3. The summed E-state index contributed by atoms with van der Waals surface area (Å²) >= 11 is 0. The van der Waals surface area contributed by atoms with E-state index in [1.165, 1.54) is 17.7 Å². The van der Waals surface area contributed by atoms with Gasteiger partial charge < -0.3 is 15.0 Å². The highest BCUT2D eigenvalue weighted by Gasteiger charge is 2.14. The fourth-order valence-corrected chi connectivity index (χ4v) is 2.35. The molecule has 94 valence electrons. The second kappa shape index (κ2) is 6.03. The molecule has 0 aliphatic carbocycles. The van der Waals surface area contributed by atoms with Gasteiger partial charge in [0.1, 0.15) is 0 Å². The Bertz CT molecular complexity index is 354. The van der Waals surface area contributed by atoms with Crippen LogP contribution in [0.3, 0.4) is 0 Å². The molecule has 1 N–H and O–H groups in total. The number of ether oxygens (including phenoxy) is 1. The van der Waals surface area contributed by atoms with Gasteiger partial charge in [0.2, 0.25) is 0 Å². The van der Waals surface area contributed by atoms with Crippen LogP contribution >= 0.6 is 0 Å². The quantitative estimate of drug-likeness (QED) is 0.866. The molecule has 1 aliphatic heterocycles. The van der Waals surface area contributed by atoms with E-state index in [4.69, 9.17) is 4.74 Å². The van der Waals surface area contributed by atoms with E-state index in [0.29, 0.717) is 12.6 Å². The van der Waals surface area contributed by atoms with Crippen LogP contribution in [0.2, 0.25) is 0 Å². The lowest BCUT2D eigenvalue weighted by Crippen LogP contribution is -2.35. The third kappa shape index (κ3) is 3.45. The summed E-state index contributed by atoms with van der Waals surface area (Å²) in [4.78, 5) is 2.46. The van der Waals surface area contributed by atoms with Crippen LogP contribution in [0.5, 0.6) is 0 Å². The minimum atomic E-state index is 0.559. The summed E-state index contributed by atoms with van der Waals surface area (Å²) in [5, 5.41) is 3.52. The molecule has 0 amide bonds. The second-order valence-corrected chi connectivity index (χ2v) is 4.76. The number of nitrogens with one attached hydrogen (secondary N) is 1. The second-order valence-electron chi connectivity index (χ2n) is 4.76. The van der Waals surface area contributed by atoms with Crippen LogP contribution in [0.25, 0.3) is 0 Å². The van der Waals surface area contributed by atoms with Crippen molar-refractivity contribution in [2.45, 2.75) is 26.0 Å². The molecule has 0 bridgehead atoms. The summed E-state index contributed by atoms with van der Waals surface area (Å²) in [6.45, 7) is 6.27. The number of hydrogen-bond donors (Lipinski definition) is 1. The summed E-state index contributed by atoms with van der Waals surface area (Å²) < 4.78 is 5.19. The molecule has 1 fully saturated rings. The van der Waals surface area contributed by atoms with Gasteiger partial charge in [0, 0.05) is 31.9 Å². The van der Waals surface area contributed by atoms with Crippen LogP contribution in [-0.2, 0) is 11.3 Å². The van der Waals surface area contributed by atoms with Gasteiger partial charge in [-0.3, -0.25) is 0 Å². The fraction of sp³-hybridized carbons (Fsp3) is 0.571. The molecule has 0 spiro atoms. The molecule has 1 aromatic rings. The zero-order valence-corrected chi connectivity index (χ0v) is 10.8. The molecule has 2 rings (SSSR count). The lowest BCUT2D eigenvalue weighted by molar-refractivity contribution is 0.185. The summed E-state index contributed by atoms with van der Waals surface area (Å²) in [6.07, 6.45) is 1.21. The van der Waals surface area contributed by atoms with Crippen LogP contribution < -0.4 is 10.2 Å². The summed E-state index contributed by atoms with van der Waals surface area (Å²) in [6, 6.07) is 9.22. The Morgan fingerprint density at radius 2 is 2.35 bits per heavy atom. The average molecular weight is 234 g/mol. The SMILES string of the molecule is COCc1cccc(N2CCCNC(C)C2)c1. The van der Waals surface area contributed by atoms with Crippen LogP contribution in [-0.4, -0.2) is 32.8 Å². The molecule has 1 atom stereocenters. The molecule has 17 heavy (non-hydrogen) atoms. The molecule has 1 aromatic carbocycles. The van der Waals surface area contributed by atoms with E-state index in [1.807, 2.05) is 0 Å². The van der Waals surface area contributed by atoms with E-state index in [0.717, 1.165) is 19.6 Å². The van der Waals surface area contributed by atoms with Crippen molar-refractivity contribution in [3.8, 4) is 0 Å². The number of methoxy groups -OCH3 is 1. The van der Waals surface area contributed by atoms with Crippen molar-refractivity contribution in [3.63, 3.8) is 0 Å². The number of anilines is 1. The smallest absolute Gasteiger partial charge is 0.0713 e. The fourth-order valence-electron chi connectivity index (χ4n) is 2.35. The Kier molecular flexibility index (Phi) is 4.40. The molecule has 1 aliphatic rings. The highest BCUT2D eigenvalue weighted by Crippen LogP contribution is 2.18. The van der Waals surface area contributed by atoms with Crippen molar-refractivity contribution < 1.29 is 4.74 Å². The number of benzene rings is 1. The zero-order valence-electron chi connectivity index (χ0n) is 10.8. The van der Waals surface area contributed by atoms with Gasteiger partial charge in [-0.2, -0.15) is 0 Å². The normalized spacial score (nSPS) is 21.3. The van der Waals surface area contributed by atoms with Crippen LogP contribution in [0.4, 0.5) is 5.69 Å². The predicted molar refractivity (Wildman–Crippen MR) is 71.4 cm³/mol. The predicted octanol–water partition coefficient (Wildman–Crippen LogP) is 2.02. The van der Waals surface area contributed by atoms with Crippen molar-refractivity contribution in [3.05, 3.63) is 29.8 Å². The monoisotopic (exact) mass is 234 g/mol. The van der Waals surface area contributed by atoms with Gasteiger partial charge >= 0.3 is 0 Å². The van der Waals surface area contributed by atoms with Gasteiger partial charge in [-0.25, -0.2) is 0 Å². The number of hydrogen-bond acceptors (Lipinski definition) is 3. The standard InChI is InChI=1S/C14H22N2O/c1-12-10-16(8-4-7-15-12)14-6-3-5-13(9-14)11-17-2/h3,5-6,9,12,15H,4,7-8,10-11H2,1-2H3. The molecular weight excluding hydrogens is 212 g/mol. The van der Waals surface area contributed by atoms with Crippen LogP contribution in [0.1, 0.15) is 18.9 Å². The van der Waals surface area contributed by atoms with Gasteiger partial charge in [-0.15, -0.1) is 0 Å². The van der Waals surface area contributed by atoms with Crippen molar-refractivity contribution in [2.24, 2.45) is 0 Å². The maximum Gasteiger partial charge on any atom is 0.0713 e. The van der Waals surface area contributed by atoms with Crippen molar-refractivity contribution in [1.82, 2.24) is 5.32 Å². The maximum atomic E-state index is 5.19. The summed E-state index contributed by atoms with van der Waals surface area (Å²) in [7, 11) is 1.74. The van der Waals surface area contributed by atoms with Gasteiger partial charge in [-0.05, 0) is 37.6 Å². The Balaban J connectivity index is 2.11. The first-order valence-electron chi connectivity index (χ1n) is 6.36. The van der Waals surface area contributed by atoms with E-state index >= 15 is 0 Å². The van der Waals surface area contributed by atoms with E-state index in [-0.39, 0.29) is 0 Å². The average Bonchev–Trinajstić information content (AvgIpc) is 2.55. The molecule has 1 unspecified atom stereocenters. The molecule has 3 heteroatoms. The summed E-state index contributed by atoms with van der Waals surface area (Å²) in [5.74, 6) is 0. The van der Waals surface area contributed by atoms with Crippen LogP contribution in [0, 0.1) is 0 Å². The Morgan fingerprint density at radius 3 is 3.18 bits per heavy atom. The molecular formula is C14H22N2O. The van der Waals surface area contributed by atoms with Gasteiger partial charge in [0.15, 0.2) is 0 Å². The molecule has 1 saturated heterocycles. The van der Waals surface area contributed by atoms with Gasteiger partial charge in [0.05, 0.1) is 6.61 Å². The minimum Gasteiger partial charge on any atom is -0.380 e. The Hall–Kier alpha value is -1.06. The third-order valence-corrected chi connectivity index (χ3v) is 3.18. The lowest BCUT2D eigenvalue weighted by Gasteiger charge is -2.25. The van der Waals surface area contributed by atoms with E-state index < -0.39 is 0 Å². The highest BCUT2D eigenvalue weighted by molar-refractivity contribution is 5.48. The molecule has 1 heterocycles. The topological polar surface area (TPSA) is 24.5 Å². The van der Waals surface area contributed by atoms with E-state index in [2.05, 4.69) is 41.4 Å². The molecule has 0 saturated carbocycles. The van der Waals surface area contributed by atoms with Crippen LogP contribution in [0.15, 0.2) is 24.3 Å². The molecule has 0 radical (unpaired) electrons. The largest absolute Gasteiger partial charge is 0.380 e. The highest BCUT2D eigenvalue weighted by atomic mass is 16.5. The van der Waals surface area contributed by atoms with Crippen molar-refractivity contribution in [1.29, 1.82) is 0 Å². The molecule has 0 aromatic heterocycles. The van der Waals surface area contributed by atoms with Crippen molar-refractivity contribution in [2.75, 3.05) is 31.6 Å². The van der Waals surface area contributed by atoms with Gasteiger partial charge in [-0.1, -0.05) is 12.1 Å².